The Bertz CT molecular complexity index is 1010. The Morgan fingerprint density at radius 3 is 3.04 bits per heavy atom. The third kappa shape index (κ3) is 3.08. The highest BCUT2D eigenvalue weighted by Crippen LogP contribution is 2.28. The van der Waals surface area contributed by atoms with Crippen LogP contribution in [0.5, 0.6) is 0 Å². The monoisotopic (exact) mass is 375 g/mol. The van der Waals surface area contributed by atoms with E-state index < -0.39 is 0 Å². The van der Waals surface area contributed by atoms with Crippen LogP contribution >= 0.6 is 0 Å². The molecule has 6 heteroatoms. The van der Waals surface area contributed by atoms with Crippen LogP contribution in [0.2, 0.25) is 0 Å². The van der Waals surface area contributed by atoms with Gasteiger partial charge in [-0.2, -0.15) is 0 Å². The number of amides is 1. The molecule has 2 N–H and O–H groups in total. The maximum absolute atomic E-state index is 13.2. The molecule has 1 amide bonds. The van der Waals surface area contributed by atoms with Crippen molar-refractivity contribution in [1.29, 1.82) is 0 Å². The van der Waals surface area contributed by atoms with E-state index in [-0.39, 0.29) is 11.9 Å². The summed E-state index contributed by atoms with van der Waals surface area (Å²) in [6.45, 7) is 4.18. The van der Waals surface area contributed by atoms with Gasteiger partial charge in [-0.15, -0.1) is 0 Å². The normalized spacial score (nSPS) is 20.3. The van der Waals surface area contributed by atoms with E-state index >= 15 is 0 Å². The number of piperazine rings is 1. The first-order chi connectivity index (χ1) is 13.7. The second-order valence-corrected chi connectivity index (χ2v) is 7.87. The number of rotatable bonds is 2. The van der Waals surface area contributed by atoms with Crippen LogP contribution in [-0.4, -0.2) is 58.9 Å². The fourth-order valence-electron chi connectivity index (χ4n) is 4.40. The SMILES string of the molecule is CN1CCc2[nH]c3ccc(C(=O)N4CCNC(c5cccnc5)C4)cc3c2C1. The second-order valence-electron chi connectivity index (χ2n) is 7.87. The standard InChI is InChI=1S/C22H25N5O/c1-26-9-6-20-18(13-26)17-11-15(4-5-19(17)25-20)22(28)27-10-8-24-21(14-27)16-3-2-7-23-12-16/h2-5,7,11-12,21,24-25H,6,8-10,13-14H2,1H3. The van der Waals surface area contributed by atoms with Gasteiger partial charge in [0.2, 0.25) is 0 Å². The van der Waals surface area contributed by atoms with Gasteiger partial charge in [0, 0.05) is 73.7 Å². The van der Waals surface area contributed by atoms with Gasteiger partial charge in [0.15, 0.2) is 0 Å². The molecule has 2 aromatic heterocycles. The number of carbonyl (C=O) groups excluding carboxylic acids is 1. The predicted molar refractivity (Wildman–Crippen MR) is 109 cm³/mol. The van der Waals surface area contributed by atoms with Crippen molar-refractivity contribution in [3.05, 3.63) is 65.1 Å². The lowest BCUT2D eigenvalue weighted by Gasteiger charge is -2.34. The average Bonchev–Trinajstić information content (AvgIpc) is 3.11. The van der Waals surface area contributed by atoms with E-state index in [0.29, 0.717) is 6.54 Å². The highest BCUT2D eigenvalue weighted by molar-refractivity contribution is 5.99. The quantitative estimate of drug-likeness (QED) is 0.722. The number of likely N-dealkylation sites (N-methyl/N-ethyl adjacent to an activating group) is 1. The molecule has 1 atom stereocenters. The van der Waals surface area contributed by atoms with Gasteiger partial charge in [-0.05, 0) is 42.4 Å². The number of nitrogens with one attached hydrogen (secondary N) is 2. The number of hydrogen-bond acceptors (Lipinski definition) is 4. The van der Waals surface area contributed by atoms with Crippen molar-refractivity contribution < 1.29 is 4.79 Å². The van der Waals surface area contributed by atoms with Crippen molar-refractivity contribution in [3.63, 3.8) is 0 Å². The minimum atomic E-state index is 0.108. The maximum atomic E-state index is 13.2. The zero-order chi connectivity index (χ0) is 19.1. The summed E-state index contributed by atoms with van der Waals surface area (Å²) in [4.78, 5) is 25.3. The Labute approximate surface area is 164 Å². The minimum Gasteiger partial charge on any atom is -0.358 e. The molecule has 5 rings (SSSR count). The summed E-state index contributed by atoms with van der Waals surface area (Å²) in [6, 6.07) is 10.2. The third-order valence-corrected chi connectivity index (χ3v) is 5.96. The number of nitrogens with zero attached hydrogens (tertiary/aromatic N) is 3. The number of H-pyrrole nitrogens is 1. The van der Waals surface area contributed by atoms with E-state index in [1.54, 1.807) is 6.20 Å². The van der Waals surface area contributed by atoms with E-state index in [1.165, 1.54) is 16.6 Å². The summed E-state index contributed by atoms with van der Waals surface area (Å²) in [5.74, 6) is 0.108. The van der Waals surface area contributed by atoms with Crippen LogP contribution in [0, 0.1) is 0 Å². The molecule has 28 heavy (non-hydrogen) atoms. The Kier molecular flexibility index (Phi) is 4.37. The van der Waals surface area contributed by atoms with Crippen LogP contribution in [0.15, 0.2) is 42.7 Å². The highest BCUT2D eigenvalue weighted by Gasteiger charge is 2.26. The molecule has 3 aromatic rings. The van der Waals surface area contributed by atoms with Crippen molar-refractivity contribution in [1.82, 2.24) is 25.1 Å². The van der Waals surface area contributed by atoms with Gasteiger partial charge in [0.05, 0.1) is 6.04 Å². The first-order valence-corrected chi connectivity index (χ1v) is 9.93. The molecule has 0 aliphatic carbocycles. The third-order valence-electron chi connectivity index (χ3n) is 5.96. The Balaban J connectivity index is 1.41. The van der Waals surface area contributed by atoms with Crippen LogP contribution < -0.4 is 5.32 Å². The Morgan fingerprint density at radius 1 is 1.25 bits per heavy atom. The lowest BCUT2D eigenvalue weighted by atomic mass is 10.0. The summed E-state index contributed by atoms with van der Waals surface area (Å²) in [5, 5.41) is 4.68. The molecular weight excluding hydrogens is 350 g/mol. The first-order valence-electron chi connectivity index (χ1n) is 9.93. The molecule has 2 aliphatic rings. The number of aromatic amines is 1. The summed E-state index contributed by atoms with van der Waals surface area (Å²) in [6.07, 6.45) is 4.69. The van der Waals surface area contributed by atoms with Crippen LogP contribution in [0.4, 0.5) is 0 Å². The van der Waals surface area contributed by atoms with Gasteiger partial charge < -0.3 is 20.1 Å². The van der Waals surface area contributed by atoms with Gasteiger partial charge in [-0.3, -0.25) is 9.78 Å². The fraction of sp³-hybridized carbons (Fsp3) is 0.364. The number of benzene rings is 1. The molecule has 1 fully saturated rings. The Morgan fingerprint density at radius 2 is 2.18 bits per heavy atom. The van der Waals surface area contributed by atoms with Crippen molar-refractivity contribution in [2.24, 2.45) is 0 Å². The van der Waals surface area contributed by atoms with Crippen LogP contribution in [0.1, 0.15) is 33.2 Å². The molecule has 1 aromatic carbocycles. The number of pyridine rings is 1. The summed E-state index contributed by atoms with van der Waals surface area (Å²) < 4.78 is 0. The molecule has 2 aliphatic heterocycles. The van der Waals surface area contributed by atoms with Gasteiger partial charge in [-0.25, -0.2) is 0 Å². The molecule has 0 spiro atoms. The Hall–Kier alpha value is -2.70. The summed E-state index contributed by atoms with van der Waals surface area (Å²) >= 11 is 0. The predicted octanol–water partition coefficient (Wildman–Crippen LogP) is 2.34. The fourth-order valence-corrected chi connectivity index (χ4v) is 4.40. The molecule has 0 bridgehead atoms. The maximum Gasteiger partial charge on any atom is 0.253 e. The number of carbonyl (C=O) groups is 1. The van der Waals surface area contributed by atoms with Gasteiger partial charge >= 0.3 is 0 Å². The summed E-state index contributed by atoms with van der Waals surface area (Å²) in [7, 11) is 2.15. The van der Waals surface area contributed by atoms with E-state index in [9.17, 15) is 4.79 Å². The number of aromatic nitrogens is 2. The molecule has 1 unspecified atom stereocenters. The highest BCUT2D eigenvalue weighted by atomic mass is 16.2. The first kappa shape index (κ1) is 17.4. The van der Waals surface area contributed by atoms with Crippen LogP contribution in [-0.2, 0) is 13.0 Å². The van der Waals surface area contributed by atoms with Crippen LogP contribution in [0.3, 0.4) is 0 Å². The second kappa shape index (κ2) is 7.04. The molecular formula is C22H25N5O. The van der Waals surface area contributed by atoms with Crippen molar-refractivity contribution in [2.75, 3.05) is 33.2 Å². The minimum absolute atomic E-state index is 0.108. The molecule has 0 saturated carbocycles. The zero-order valence-electron chi connectivity index (χ0n) is 16.1. The van der Waals surface area contributed by atoms with Gasteiger partial charge in [0.1, 0.15) is 0 Å². The molecule has 144 valence electrons. The lowest BCUT2D eigenvalue weighted by Crippen LogP contribution is -2.48. The lowest BCUT2D eigenvalue weighted by molar-refractivity contribution is 0.0703. The van der Waals surface area contributed by atoms with Crippen molar-refractivity contribution in [2.45, 2.75) is 19.0 Å². The molecule has 1 saturated heterocycles. The smallest absolute Gasteiger partial charge is 0.253 e. The molecule has 4 heterocycles. The van der Waals surface area contributed by atoms with E-state index in [4.69, 9.17) is 0 Å². The van der Waals surface area contributed by atoms with Crippen molar-refractivity contribution in [3.8, 4) is 0 Å². The van der Waals surface area contributed by atoms with Crippen LogP contribution in [0.25, 0.3) is 10.9 Å². The van der Waals surface area contributed by atoms with E-state index in [0.717, 1.165) is 49.2 Å². The van der Waals surface area contributed by atoms with Gasteiger partial charge in [-0.1, -0.05) is 6.07 Å². The van der Waals surface area contributed by atoms with Crippen molar-refractivity contribution >= 4 is 16.8 Å². The largest absolute Gasteiger partial charge is 0.358 e. The average molecular weight is 375 g/mol. The molecule has 0 radical (unpaired) electrons. The number of fused-ring (bicyclic) bond motifs is 3. The van der Waals surface area contributed by atoms with Gasteiger partial charge in [0.25, 0.3) is 5.91 Å². The summed E-state index contributed by atoms with van der Waals surface area (Å²) in [5.41, 5.74) is 5.68. The van der Waals surface area contributed by atoms with E-state index in [2.05, 4.69) is 45.4 Å². The zero-order valence-corrected chi connectivity index (χ0v) is 16.1. The molecule has 6 nitrogen and oxygen atoms in total. The number of hydrogen-bond donors (Lipinski definition) is 2. The topological polar surface area (TPSA) is 64.3 Å². The van der Waals surface area contributed by atoms with E-state index in [1.807, 2.05) is 23.2 Å².